The van der Waals surface area contributed by atoms with E-state index in [1.165, 1.54) is 4.57 Å². The van der Waals surface area contributed by atoms with Crippen LogP contribution in [-0.4, -0.2) is 32.8 Å². The summed E-state index contributed by atoms with van der Waals surface area (Å²) in [6.07, 6.45) is 1.55. The van der Waals surface area contributed by atoms with Gasteiger partial charge in [-0.15, -0.1) is 0 Å². The van der Waals surface area contributed by atoms with Gasteiger partial charge in [-0.3, -0.25) is 4.79 Å². The zero-order chi connectivity index (χ0) is 17.4. The fourth-order valence-corrected chi connectivity index (χ4v) is 2.32. The topological polar surface area (TPSA) is 84.3 Å². The zero-order valence-electron chi connectivity index (χ0n) is 13.9. The Labute approximate surface area is 134 Å². The van der Waals surface area contributed by atoms with Crippen LogP contribution in [0, 0.1) is 18.8 Å². The van der Waals surface area contributed by atoms with Crippen molar-refractivity contribution in [1.29, 1.82) is 0 Å². The van der Waals surface area contributed by atoms with Gasteiger partial charge in [-0.25, -0.2) is 4.79 Å². The second-order valence-corrected chi connectivity index (χ2v) is 5.86. The number of esters is 1. The van der Waals surface area contributed by atoms with E-state index in [4.69, 9.17) is 4.74 Å². The third kappa shape index (κ3) is 3.30. The molecular weight excluding hydrogens is 296 g/mol. The van der Waals surface area contributed by atoms with E-state index in [1.54, 1.807) is 40.9 Å². The predicted molar refractivity (Wildman–Crippen MR) is 87.4 cm³/mol. The highest BCUT2D eigenvalue weighted by molar-refractivity contribution is 6.07. The van der Waals surface area contributed by atoms with Crippen LogP contribution in [0.5, 0.6) is 0 Å². The number of nitrogens with zero attached hydrogens (tertiary/aromatic N) is 1. The number of ether oxygens (including phenoxy) is 1. The minimum absolute atomic E-state index is 0.237. The van der Waals surface area contributed by atoms with Crippen molar-refractivity contribution in [3.63, 3.8) is 0 Å². The molecule has 0 saturated heterocycles. The van der Waals surface area contributed by atoms with Crippen molar-refractivity contribution in [3.05, 3.63) is 33.4 Å². The van der Waals surface area contributed by atoms with Crippen LogP contribution in [0.3, 0.4) is 0 Å². The molecule has 0 fully saturated rings. The minimum atomic E-state index is -1.18. The average molecular weight is 316 g/mol. The highest BCUT2D eigenvalue weighted by Crippen LogP contribution is 2.24. The summed E-state index contributed by atoms with van der Waals surface area (Å²) in [5.41, 5.74) is 0.198. The van der Waals surface area contributed by atoms with Gasteiger partial charge in [-0.05, 0) is 27.7 Å². The molecule has 2 aromatic rings. The number of pyridine rings is 1. The second-order valence-electron chi connectivity index (χ2n) is 5.86. The van der Waals surface area contributed by atoms with Crippen molar-refractivity contribution in [1.82, 2.24) is 9.55 Å². The summed E-state index contributed by atoms with van der Waals surface area (Å²) in [5, 5.41) is 10.2. The third-order valence-corrected chi connectivity index (χ3v) is 3.30. The Balaban J connectivity index is 2.85. The molecule has 0 atom stereocenters. The average Bonchev–Trinajstić information content (AvgIpc) is 2.78. The van der Waals surface area contributed by atoms with E-state index in [0.717, 1.165) is 0 Å². The normalized spacial score (nSPS) is 11.2. The van der Waals surface area contributed by atoms with Crippen molar-refractivity contribution >= 4 is 16.9 Å². The maximum Gasteiger partial charge on any atom is 0.340 e. The van der Waals surface area contributed by atoms with Gasteiger partial charge in [0.15, 0.2) is 0 Å². The number of aromatic amines is 1. The van der Waals surface area contributed by atoms with E-state index in [-0.39, 0.29) is 12.2 Å². The first kappa shape index (κ1) is 16.8. The van der Waals surface area contributed by atoms with E-state index in [0.29, 0.717) is 27.7 Å². The highest BCUT2D eigenvalue weighted by atomic mass is 16.5. The quantitative estimate of drug-likeness (QED) is 0.649. The van der Waals surface area contributed by atoms with E-state index in [1.807, 2.05) is 0 Å². The summed E-state index contributed by atoms with van der Waals surface area (Å²) in [4.78, 5) is 27.5. The van der Waals surface area contributed by atoms with Crippen LogP contribution in [0.15, 0.2) is 11.0 Å². The number of aryl methyl sites for hydroxylation is 2. The fraction of sp³-hybridized carbons (Fsp3) is 0.412. The van der Waals surface area contributed by atoms with Gasteiger partial charge in [0, 0.05) is 24.3 Å². The molecule has 0 aliphatic rings. The van der Waals surface area contributed by atoms with Crippen LogP contribution >= 0.6 is 0 Å². The lowest BCUT2D eigenvalue weighted by atomic mass is 10.1. The Morgan fingerprint density at radius 1 is 1.48 bits per heavy atom. The molecule has 23 heavy (non-hydrogen) atoms. The van der Waals surface area contributed by atoms with Crippen molar-refractivity contribution in [2.24, 2.45) is 7.05 Å². The smallest absolute Gasteiger partial charge is 0.340 e. The number of carbonyl (C=O) groups is 1. The second kappa shape index (κ2) is 5.94. The molecule has 2 rings (SSSR count). The molecule has 0 unspecified atom stereocenters. The molecule has 2 heterocycles. The largest absolute Gasteiger partial charge is 0.462 e. The number of aromatic nitrogens is 2. The number of carbonyl (C=O) groups excluding carboxylic acids is 1. The minimum Gasteiger partial charge on any atom is -0.462 e. The van der Waals surface area contributed by atoms with Gasteiger partial charge < -0.3 is 19.4 Å². The Morgan fingerprint density at radius 2 is 2.13 bits per heavy atom. The molecule has 0 aliphatic heterocycles. The lowest BCUT2D eigenvalue weighted by molar-refractivity contribution is 0.0528. The Kier molecular flexibility index (Phi) is 4.35. The van der Waals surface area contributed by atoms with Crippen LogP contribution in [0.25, 0.3) is 10.9 Å². The van der Waals surface area contributed by atoms with Gasteiger partial charge in [-0.1, -0.05) is 11.8 Å². The molecule has 0 spiro atoms. The van der Waals surface area contributed by atoms with Crippen molar-refractivity contribution in [3.8, 4) is 11.8 Å². The molecule has 2 N–H and O–H groups in total. The number of hydrogen-bond acceptors (Lipinski definition) is 4. The first-order valence-electron chi connectivity index (χ1n) is 7.30. The van der Waals surface area contributed by atoms with Crippen LogP contribution in [-0.2, 0) is 11.8 Å². The van der Waals surface area contributed by atoms with Crippen molar-refractivity contribution < 1.29 is 14.6 Å². The first-order valence-corrected chi connectivity index (χ1v) is 7.30. The molecule has 0 aromatic carbocycles. The zero-order valence-corrected chi connectivity index (χ0v) is 13.9. The van der Waals surface area contributed by atoms with Crippen LogP contribution < -0.4 is 5.56 Å². The number of rotatable bonds is 2. The third-order valence-electron chi connectivity index (χ3n) is 3.30. The van der Waals surface area contributed by atoms with Gasteiger partial charge in [0.25, 0.3) is 5.56 Å². The fourth-order valence-electron chi connectivity index (χ4n) is 2.32. The lowest BCUT2D eigenvalue weighted by Crippen LogP contribution is -2.18. The molecular formula is C17H20N2O4. The summed E-state index contributed by atoms with van der Waals surface area (Å²) in [5.74, 6) is 5.06. The first-order chi connectivity index (χ1) is 10.7. The monoisotopic (exact) mass is 316 g/mol. The Bertz CT molecular complexity index is 886. The van der Waals surface area contributed by atoms with Gasteiger partial charge in [-0.2, -0.15) is 0 Å². The molecule has 0 amide bonds. The molecule has 0 radical (unpaired) electrons. The highest BCUT2D eigenvalue weighted by Gasteiger charge is 2.22. The van der Waals surface area contributed by atoms with Crippen LogP contribution in [0.4, 0.5) is 0 Å². The van der Waals surface area contributed by atoms with E-state index >= 15 is 0 Å². The molecule has 0 bridgehead atoms. The standard InChI is InChI=1S/C17H20N2O4/c1-6-23-16(21)12-10(2)18-14-13(12)11(7-8-17(3,4)22)9-19(5)15(14)20/h9,18,22H,6H2,1-5H3. The predicted octanol–water partition coefficient (Wildman–Crippen LogP) is 1.47. The molecule has 6 heteroatoms. The van der Waals surface area contributed by atoms with E-state index in [2.05, 4.69) is 16.8 Å². The summed E-state index contributed by atoms with van der Waals surface area (Å²) in [6, 6.07) is 0. The Hall–Kier alpha value is -2.52. The summed E-state index contributed by atoms with van der Waals surface area (Å²) in [6.45, 7) is 6.79. The summed E-state index contributed by atoms with van der Waals surface area (Å²) < 4.78 is 6.47. The molecule has 0 aliphatic carbocycles. The maximum atomic E-state index is 12.3. The van der Waals surface area contributed by atoms with Gasteiger partial charge in [0.05, 0.1) is 17.7 Å². The summed E-state index contributed by atoms with van der Waals surface area (Å²) >= 11 is 0. The molecule has 0 saturated carbocycles. The molecule has 122 valence electrons. The number of hydrogen-bond donors (Lipinski definition) is 2. The Morgan fingerprint density at radius 3 is 2.70 bits per heavy atom. The number of nitrogens with one attached hydrogen (secondary N) is 1. The number of aliphatic hydroxyl groups is 1. The van der Waals surface area contributed by atoms with Gasteiger partial charge in [0.1, 0.15) is 11.1 Å². The van der Waals surface area contributed by atoms with Crippen LogP contribution in [0.1, 0.15) is 42.4 Å². The number of fused-ring (bicyclic) bond motifs is 1. The van der Waals surface area contributed by atoms with E-state index in [9.17, 15) is 14.7 Å². The van der Waals surface area contributed by atoms with Crippen LogP contribution in [0.2, 0.25) is 0 Å². The van der Waals surface area contributed by atoms with Crippen molar-refractivity contribution in [2.75, 3.05) is 6.61 Å². The number of H-pyrrole nitrogens is 1. The van der Waals surface area contributed by atoms with Crippen molar-refractivity contribution in [2.45, 2.75) is 33.3 Å². The maximum absolute atomic E-state index is 12.3. The lowest BCUT2D eigenvalue weighted by Gasteiger charge is -2.07. The van der Waals surface area contributed by atoms with Gasteiger partial charge >= 0.3 is 5.97 Å². The van der Waals surface area contributed by atoms with E-state index < -0.39 is 11.6 Å². The SMILES string of the molecule is CCOC(=O)c1c(C)[nH]c2c(=O)n(C)cc(C#CC(C)(C)O)c12. The van der Waals surface area contributed by atoms with Gasteiger partial charge in [0.2, 0.25) is 0 Å². The molecule has 2 aromatic heterocycles. The summed E-state index contributed by atoms with van der Waals surface area (Å²) in [7, 11) is 1.61. The molecule has 6 nitrogen and oxygen atoms in total.